The van der Waals surface area contributed by atoms with Gasteiger partial charge in [0, 0.05) is 22.0 Å². The van der Waals surface area contributed by atoms with Crippen LogP contribution in [-0.4, -0.2) is 5.91 Å². The molecule has 0 unspecified atom stereocenters. The van der Waals surface area contributed by atoms with Crippen LogP contribution in [0, 0.1) is 0 Å². The fourth-order valence-corrected chi connectivity index (χ4v) is 1.88. The van der Waals surface area contributed by atoms with Crippen molar-refractivity contribution in [1.29, 1.82) is 0 Å². The number of nitrogens with one attached hydrogen (secondary N) is 1. The molecular formula is C14H12ClNOS. The van der Waals surface area contributed by atoms with Crippen LogP contribution in [-0.2, 0) is 6.54 Å². The predicted octanol–water partition coefficient (Wildman–Crippen LogP) is 3.56. The summed E-state index contributed by atoms with van der Waals surface area (Å²) in [5, 5.41) is 3.48. The number of thiol groups is 1. The van der Waals surface area contributed by atoms with Gasteiger partial charge in [0.05, 0.1) is 0 Å². The highest BCUT2D eigenvalue weighted by Gasteiger charge is 2.05. The van der Waals surface area contributed by atoms with Gasteiger partial charge in [0.1, 0.15) is 0 Å². The number of halogens is 1. The monoisotopic (exact) mass is 277 g/mol. The van der Waals surface area contributed by atoms with Crippen LogP contribution in [0.15, 0.2) is 53.4 Å². The molecule has 0 aliphatic heterocycles. The molecule has 18 heavy (non-hydrogen) atoms. The summed E-state index contributed by atoms with van der Waals surface area (Å²) in [6.07, 6.45) is 0. The number of benzene rings is 2. The van der Waals surface area contributed by atoms with Crippen molar-refractivity contribution < 1.29 is 4.79 Å². The first-order chi connectivity index (χ1) is 8.66. The number of rotatable bonds is 3. The van der Waals surface area contributed by atoms with Gasteiger partial charge < -0.3 is 5.32 Å². The van der Waals surface area contributed by atoms with Crippen molar-refractivity contribution in [3.63, 3.8) is 0 Å². The molecule has 2 nitrogen and oxygen atoms in total. The highest BCUT2D eigenvalue weighted by atomic mass is 35.5. The molecule has 0 spiro atoms. The largest absolute Gasteiger partial charge is 0.348 e. The van der Waals surface area contributed by atoms with Gasteiger partial charge in [-0.25, -0.2) is 0 Å². The highest BCUT2D eigenvalue weighted by Crippen LogP contribution is 2.14. The lowest BCUT2D eigenvalue weighted by Crippen LogP contribution is -2.22. The van der Waals surface area contributed by atoms with E-state index in [-0.39, 0.29) is 5.91 Å². The molecule has 4 heteroatoms. The van der Waals surface area contributed by atoms with E-state index in [0.717, 1.165) is 10.5 Å². The molecule has 0 radical (unpaired) electrons. The molecule has 0 fully saturated rings. The van der Waals surface area contributed by atoms with Gasteiger partial charge in [-0.3, -0.25) is 4.79 Å². The number of hydrogen-bond acceptors (Lipinski definition) is 2. The zero-order valence-electron chi connectivity index (χ0n) is 9.56. The van der Waals surface area contributed by atoms with Gasteiger partial charge in [-0.15, -0.1) is 12.6 Å². The first kappa shape index (κ1) is 13.0. The lowest BCUT2D eigenvalue weighted by molar-refractivity contribution is 0.0951. The summed E-state index contributed by atoms with van der Waals surface area (Å²) in [4.78, 5) is 12.7. The molecule has 0 aliphatic carbocycles. The Morgan fingerprint density at radius 3 is 2.44 bits per heavy atom. The van der Waals surface area contributed by atoms with E-state index in [1.807, 2.05) is 18.2 Å². The summed E-state index contributed by atoms with van der Waals surface area (Å²) in [7, 11) is 0. The molecule has 0 atom stereocenters. The fourth-order valence-electron chi connectivity index (χ4n) is 1.53. The van der Waals surface area contributed by atoms with Gasteiger partial charge in [-0.1, -0.05) is 29.8 Å². The molecule has 92 valence electrons. The minimum atomic E-state index is -0.122. The van der Waals surface area contributed by atoms with Gasteiger partial charge in [-0.05, 0) is 35.9 Å². The molecule has 0 saturated carbocycles. The van der Waals surface area contributed by atoms with Crippen molar-refractivity contribution in [2.24, 2.45) is 0 Å². The van der Waals surface area contributed by atoms with Crippen LogP contribution in [0.3, 0.4) is 0 Å². The lowest BCUT2D eigenvalue weighted by atomic mass is 10.2. The lowest BCUT2D eigenvalue weighted by Gasteiger charge is -2.07. The van der Waals surface area contributed by atoms with E-state index >= 15 is 0 Å². The summed E-state index contributed by atoms with van der Waals surface area (Å²) in [6.45, 7) is 0.418. The summed E-state index contributed by atoms with van der Waals surface area (Å²) in [5.74, 6) is -0.122. The predicted molar refractivity (Wildman–Crippen MR) is 76.3 cm³/mol. The molecular weight excluding hydrogens is 266 g/mol. The van der Waals surface area contributed by atoms with E-state index in [1.54, 1.807) is 30.3 Å². The Kier molecular flexibility index (Phi) is 4.28. The maximum absolute atomic E-state index is 11.9. The third kappa shape index (κ3) is 3.28. The van der Waals surface area contributed by atoms with Gasteiger partial charge in [0.2, 0.25) is 0 Å². The quantitative estimate of drug-likeness (QED) is 0.826. The molecule has 0 bridgehead atoms. The van der Waals surface area contributed by atoms with Crippen LogP contribution < -0.4 is 5.32 Å². The van der Waals surface area contributed by atoms with E-state index in [9.17, 15) is 4.79 Å². The summed E-state index contributed by atoms with van der Waals surface area (Å²) in [5.41, 5.74) is 1.51. The van der Waals surface area contributed by atoms with Gasteiger partial charge in [0.25, 0.3) is 5.91 Å². The normalized spacial score (nSPS) is 10.1. The second-order valence-electron chi connectivity index (χ2n) is 3.82. The Hall–Kier alpha value is -1.45. The van der Waals surface area contributed by atoms with Crippen LogP contribution in [0.1, 0.15) is 15.9 Å². The summed E-state index contributed by atoms with van der Waals surface area (Å²) >= 11 is 10.2. The maximum atomic E-state index is 11.9. The van der Waals surface area contributed by atoms with Crippen LogP contribution in [0.5, 0.6) is 0 Å². The molecule has 0 heterocycles. The average Bonchev–Trinajstić information content (AvgIpc) is 2.38. The second kappa shape index (κ2) is 5.94. The van der Waals surface area contributed by atoms with E-state index in [1.165, 1.54) is 0 Å². The van der Waals surface area contributed by atoms with E-state index in [2.05, 4.69) is 17.9 Å². The van der Waals surface area contributed by atoms with Crippen molar-refractivity contribution in [2.75, 3.05) is 0 Å². The van der Waals surface area contributed by atoms with Crippen molar-refractivity contribution in [3.05, 3.63) is 64.7 Å². The molecule has 0 saturated heterocycles. The standard InChI is InChI=1S/C14H12ClNOS/c15-13-4-2-1-3-11(13)9-16-14(17)10-5-7-12(18)8-6-10/h1-8,18H,9H2,(H,16,17). The number of carbonyl (C=O) groups excluding carboxylic acids is 1. The molecule has 2 aromatic rings. The Bertz CT molecular complexity index is 554. The Morgan fingerprint density at radius 2 is 1.78 bits per heavy atom. The zero-order chi connectivity index (χ0) is 13.0. The van der Waals surface area contributed by atoms with Crippen LogP contribution in [0.2, 0.25) is 5.02 Å². The van der Waals surface area contributed by atoms with E-state index in [4.69, 9.17) is 11.6 Å². The number of carbonyl (C=O) groups is 1. The molecule has 0 aromatic heterocycles. The first-order valence-corrected chi connectivity index (χ1v) is 6.30. The highest BCUT2D eigenvalue weighted by molar-refractivity contribution is 7.80. The number of amides is 1. The topological polar surface area (TPSA) is 29.1 Å². The Morgan fingerprint density at radius 1 is 1.11 bits per heavy atom. The minimum absolute atomic E-state index is 0.122. The van der Waals surface area contributed by atoms with Crippen LogP contribution >= 0.6 is 24.2 Å². The third-order valence-electron chi connectivity index (χ3n) is 2.53. The second-order valence-corrected chi connectivity index (χ2v) is 4.74. The molecule has 1 N–H and O–H groups in total. The van der Waals surface area contributed by atoms with Crippen LogP contribution in [0.25, 0.3) is 0 Å². The van der Waals surface area contributed by atoms with Crippen molar-refractivity contribution >= 4 is 30.1 Å². The Labute approximate surface area is 116 Å². The molecule has 2 rings (SSSR count). The third-order valence-corrected chi connectivity index (χ3v) is 3.19. The van der Waals surface area contributed by atoms with Crippen molar-refractivity contribution in [1.82, 2.24) is 5.32 Å². The summed E-state index contributed by atoms with van der Waals surface area (Å²) in [6, 6.07) is 14.5. The van der Waals surface area contributed by atoms with E-state index < -0.39 is 0 Å². The van der Waals surface area contributed by atoms with Gasteiger partial charge in [-0.2, -0.15) is 0 Å². The SMILES string of the molecule is O=C(NCc1ccccc1Cl)c1ccc(S)cc1. The summed E-state index contributed by atoms with van der Waals surface area (Å²) < 4.78 is 0. The zero-order valence-corrected chi connectivity index (χ0v) is 11.2. The van der Waals surface area contributed by atoms with Crippen molar-refractivity contribution in [2.45, 2.75) is 11.4 Å². The Balaban J connectivity index is 2.01. The molecule has 2 aromatic carbocycles. The smallest absolute Gasteiger partial charge is 0.251 e. The van der Waals surface area contributed by atoms with Crippen LogP contribution in [0.4, 0.5) is 0 Å². The number of hydrogen-bond donors (Lipinski definition) is 2. The molecule has 0 aliphatic rings. The average molecular weight is 278 g/mol. The maximum Gasteiger partial charge on any atom is 0.251 e. The van der Waals surface area contributed by atoms with Gasteiger partial charge in [0.15, 0.2) is 0 Å². The molecule has 1 amide bonds. The fraction of sp³-hybridized carbons (Fsp3) is 0.0714. The first-order valence-electron chi connectivity index (χ1n) is 5.47. The minimum Gasteiger partial charge on any atom is -0.348 e. The van der Waals surface area contributed by atoms with Gasteiger partial charge >= 0.3 is 0 Å². The van der Waals surface area contributed by atoms with E-state index in [0.29, 0.717) is 17.1 Å². The van der Waals surface area contributed by atoms with Crippen molar-refractivity contribution in [3.8, 4) is 0 Å².